The number of benzene rings is 1. The van der Waals surface area contributed by atoms with Crippen molar-refractivity contribution < 1.29 is 4.39 Å². The van der Waals surface area contributed by atoms with E-state index in [1.165, 1.54) is 24.7 Å². The average molecular weight is 242 g/mol. The second-order valence-corrected chi connectivity index (χ2v) is 3.67. The van der Waals surface area contributed by atoms with Gasteiger partial charge in [0.05, 0.1) is 18.2 Å². The van der Waals surface area contributed by atoms with E-state index in [1.807, 2.05) is 0 Å². The molecule has 0 atom stereocenters. The van der Waals surface area contributed by atoms with Crippen molar-refractivity contribution >= 4 is 11.2 Å². The van der Waals surface area contributed by atoms with Crippen molar-refractivity contribution in [1.82, 2.24) is 19.9 Å². The van der Waals surface area contributed by atoms with Crippen LogP contribution < -0.4 is 5.56 Å². The SMILES string of the molecule is O=c1[nH]cnc2nc(-c3ccc(F)cc3)cnc12. The molecule has 5 nitrogen and oxygen atoms in total. The number of nitrogens with zero attached hydrogens (tertiary/aromatic N) is 3. The fourth-order valence-electron chi connectivity index (χ4n) is 1.61. The monoisotopic (exact) mass is 242 g/mol. The van der Waals surface area contributed by atoms with Gasteiger partial charge < -0.3 is 4.98 Å². The summed E-state index contributed by atoms with van der Waals surface area (Å²) >= 11 is 0. The zero-order chi connectivity index (χ0) is 12.5. The highest BCUT2D eigenvalue weighted by molar-refractivity contribution is 5.71. The average Bonchev–Trinajstić information content (AvgIpc) is 2.39. The number of H-pyrrole nitrogens is 1. The molecule has 88 valence electrons. The lowest BCUT2D eigenvalue weighted by atomic mass is 10.1. The fraction of sp³-hybridized carbons (Fsp3) is 0. The minimum atomic E-state index is -0.335. The Hall–Kier alpha value is -2.63. The molecule has 0 spiro atoms. The maximum absolute atomic E-state index is 12.8. The van der Waals surface area contributed by atoms with Crippen molar-refractivity contribution in [3.8, 4) is 11.3 Å². The number of rotatable bonds is 1. The number of hydrogen-bond acceptors (Lipinski definition) is 4. The van der Waals surface area contributed by atoms with Crippen LogP contribution >= 0.6 is 0 Å². The number of aromatic nitrogens is 4. The Balaban J connectivity index is 2.19. The van der Waals surface area contributed by atoms with Crippen LogP contribution in [0, 0.1) is 5.82 Å². The third kappa shape index (κ3) is 1.73. The second kappa shape index (κ2) is 3.99. The Morgan fingerprint density at radius 1 is 1.11 bits per heavy atom. The molecule has 0 aliphatic carbocycles. The third-order valence-electron chi connectivity index (χ3n) is 2.49. The summed E-state index contributed by atoms with van der Waals surface area (Å²) in [6.07, 6.45) is 2.74. The van der Waals surface area contributed by atoms with Crippen LogP contribution in [0.5, 0.6) is 0 Å². The van der Waals surface area contributed by atoms with Crippen molar-refractivity contribution in [2.24, 2.45) is 0 Å². The van der Waals surface area contributed by atoms with E-state index in [9.17, 15) is 9.18 Å². The topological polar surface area (TPSA) is 71.5 Å². The number of aromatic amines is 1. The minimum absolute atomic E-state index is 0.184. The Morgan fingerprint density at radius 3 is 2.67 bits per heavy atom. The molecule has 0 radical (unpaired) electrons. The van der Waals surface area contributed by atoms with Crippen molar-refractivity contribution in [1.29, 1.82) is 0 Å². The quantitative estimate of drug-likeness (QED) is 0.702. The van der Waals surface area contributed by atoms with Crippen LogP contribution in [0.3, 0.4) is 0 Å². The van der Waals surface area contributed by atoms with Crippen molar-refractivity contribution in [3.63, 3.8) is 0 Å². The van der Waals surface area contributed by atoms with E-state index in [1.54, 1.807) is 12.1 Å². The first kappa shape index (κ1) is 10.5. The summed E-state index contributed by atoms with van der Waals surface area (Å²) in [7, 11) is 0. The predicted octanol–water partition coefficient (Wildman–Crippen LogP) is 1.52. The highest BCUT2D eigenvalue weighted by atomic mass is 19.1. The van der Waals surface area contributed by atoms with Crippen LogP contribution in [0.2, 0.25) is 0 Å². The Labute approximate surface area is 100 Å². The van der Waals surface area contributed by atoms with Crippen LogP contribution in [0.4, 0.5) is 4.39 Å². The van der Waals surface area contributed by atoms with Gasteiger partial charge in [-0.3, -0.25) is 4.79 Å². The molecule has 0 bridgehead atoms. The third-order valence-corrected chi connectivity index (χ3v) is 2.49. The van der Waals surface area contributed by atoms with Gasteiger partial charge in [-0.2, -0.15) is 0 Å². The van der Waals surface area contributed by atoms with Gasteiger partial charge in [0.15, 0.2) is 11.2 Å². The molecule has 3 rings (SSSR count). The van der Waals surface area contributed by atoms with Gasteiger partial charge in [0.25, 0.3) is 5.56 Å². The van der Waals surface area contributed by atoms with Gasteiger partial charge in [-0.1, -0.05) is 0 Å². The fourth-order valence-corrected chi connectivity index (χ4v) is 1.61. The van der Waals surface area contributed by atoms with Gasteiger partial charge in [-0.15, -0.1) is 0 Å². The van der Waals surface area contributed by atoms with Crippen molar-refractivity contribution in [2.45, 2.75) is 0 Å². The largest absolute Gasteiger partial charge is 0.311 e. The van der Waals surface area contributed by atoms with Gasteiger partial charge in [0.2, 0.25) is 0 Å². The normalized spacial score (nSPS) is 10.7. The van der Waals surface area contributed by atoms with E-state index in [2.05, 4.69) is 19.9 Å². The number of nitrogens with one attached hydrogen (secondary N) is 1. The van der Waals surface area contributed by atoms with E-state index < -0.39 is 0 Å². The van der Waals surface area contributed by atoms with Crippen LogP contribution in [-0.2, 0) is 0 Å². The molecule has 0 unspecified atom stereocenters. The lowest BCUT2D eigenvalue weighted by Crippen LogP contribution is -2.09. The summed E-state index contributed by atoms with van der Waals surface area (Å²) in [6.45, 7) is 0. The molecule has 0 saturated carbocycles. The molecule has 2 aromatic heterocycles. The first-order valence-corrected chi connectivity index (χ1v) is 5.20. The zero-order valence-corrected chi connectivity index (χ0v) is 9.09. The molecular weight excluding hydrogens is 235 g/mol. The van der Waals surface area contributed by atoms with Crippen molar-refractivity contribution in [2.75, 3.05) is 0 Å². The van der Waals surface area contributed by atoms with Gasteiger partial charge in [-0.05, 0) is 24.3 Å². The van der Waals surface area contributed by atoms with Crippen LogP contribution in [0.15, 0.2) is 41.6 Å². The first-order valence-electron chi connectivity index (χ1n) is 5.20. The molecular formula is C12H7FN4O. The van der Waals surface area contributed by atoms with E-state index >= 15 is 0 Å². The van der Waals surface area contributed by atoms with Crippen LogP contribution in [0.1, 0.15) is 0 Å². The Kier molecular flexibility index (Phi) is 2.33. The number of hydrogen-bond donors (Lipinski definition) is 1. The van der Waals surface area contributed by atoms with Gasteiger partial charge in [0, 0.05) is 5.56 Å². The lowest BCUT2D eigenvalue weighted by Gasteiger charge is -2.01. The van der Waals surface area contributed by atoms with Gasteiger partial charge in [-0.25, -0.2) is 19.3 Å². The van der Waals surface area contributed by atoms with Crippen LogP contribution in [0.25, 0.3) is 22.4 Å². The molecule has 6 heteroatoms. The molecule has 0 fully saturated rings. The maximum Gasteiger partial charge on any atom is 0.278 e. The van der Waals surface area contributed by atoms with E-state index in [0.717, 1.165) is 0 Å². The molecule has 0 aliphatic heterocycles. The molecule has 3 aromatic rings. The number of halogens is 1. The Bertz CT molecular complexity index is 767. The zero-order valence-electron chi connectivity index (χ0n) is 9.09. The second-order valence-electron chi connectivity index (χ2n) is 3.67. The molecule has 0 saturated heterocycles. The Morgan fingerprint density at radius 2 is 1.89 bits per heavy atom. The molecule has 0 aliphatic rings. The predicted molar refractivity (Wildman–Crippen MR) is 63.3 cm³/mol. The van der Waals surface area contributed by atoms with E-state index in [0.29, 0.717) is 11.3 Å². The summed E-state index contributed by atoms with van der Waals surface area (Å²) in [6, 6.07) is 5.87. The summed E-state index contributed by atoms with van der Waals surface area (Å²) < 4.78 is 12.8. The standard InChI is InChI=1S/C12H7FN4O/c13-8-3-1-7(2-4-8)9-5-14-10-11(17-9)15-6-16-12(10)18/h1-6H,(H,15,16,17,18). The first-order chi connectivity index (χ1) is 8.74. The van der Waals surface area contributed by atoms with E-state index in [-0.39, 0.29) is 22.5 Å². The van der Waals surface area contributed by atoms with Crippen molar-refractivity contribution in [3.05, 3.63) is 53.0 Å². The smallest absolute Gasteiger partial charge is 0.278 e. The lowest BCUT2D eigenvalue weighted by molar-refractivity contribution is 0.628. The highest BCUT2D eigenvalue weighted by Crippen LogP contribution is 2.17. The molecule has 1 N–H and O–H groups in total. The van der Waals surface area contributed by atoms with Gasteiger partial charge >= 0.3 is 0 Å². The van der Waals surface area contributed by atoms with E-state index in [4.69, 9.17) is 0 Å². The summed E-state index contributed by atoms with van der Waals surface area (Å²) in [5, 5.41) is 0. The summed E-state index contributed by atoms with van der Waals surface area (Å²) in [4.78, 5) is 26.0. The minimum Gasteiger partial charge on any atom is -0.311 e. The molecule has 0 amide bonds. The maximum atomic E-state index is 12.8. The summed E-state index contributed by atoms with van der Waals surface area (Å²) in [5.74, 6) is -0.318. The van der Waals surface area contributed by atoms with Gasteiger partial charge in [0.1, 0.15) is 5.82 Å². The number of fused-ring (bicyclic) bond motifs is 1. The summed E-state index contributed by atoms with van der Waals surface area (Å²) in [5.41, 5.74) is 1.37. The molecule has 18 heavy (non-hydrogen) atoms. The molecule has 2 heterocycles. The molecule has 1 aromatic carbocycles. The van der Waals surface area contributed by atoms with Crippen LogP contribution in [-0.4, -0.2) is 19.9 Å². The highest BCUT2D eigenvalue weighted by Gasteiger charge is 2.05.